The lowest BCUT2D eigenvalue weighted by atomic mass is 9.39. The summed E-state index contributed by atoms with van der Waals surface area (Å²) in [5, 5.41) is 16.4. The van der Waals surface area contributed by atoms with E-state index in [1.54, 1.807) is 6.07 Å². The van der Waals surface area contributed by atoms with E-state index in [-0.39, 0.29) is 34.6 Å². The maximum atomic E-state index is 13.4. The van der Waals surface area contributed by atoms with Crippen molar-refractivity contribution in [3.05, 3.63) is 29.0 Å². The second-order valence-corrected chi connectivity index (χ2v) is 8.88. The summed E-state index contributed by atoms with van der Waals surface area (Å²) in [7, 11) is 0. The van der Waals surface area contributed by atoms with Crippen LogP contribution in [0.3, 0.4) is 0 Å². The highest BCUT2D eigenvalue weighted by Gasteiger charge is 2.71. The summed E-state index contributed by atoms with van der Waals surface area (Å²) in [5.74, 6) is 0.242. The fourth-order valence-electron chi connectivity index (χ4n) is 4.77. The molecule has 1 aromatic rings. The van der Waals surface area contributed by atoms with Crippen LogP contribution in [0.1, 0.15) is 32.6 Å². The molecule has 3 aliphatic carbocycles. The third-order valence-electron chi connectivity index (χ3n) is 6.34. The first-order valence-electron chi connectivity index (χ1n) is 9.74. The average molecular weight is 413 g/mol. The maximum Gasteiger partial charge on any atom is 0.226 e. The summed E-state index contributed by atoms with van der Waals surface area (Å²) >= 11 is 5.64. The van der Waals surface area contributed by atoms with Crippen molar-refractivity contribution in [3.63, 3.8) is 0 Å². The molecule has 154 valence electrons. The van der Waals surface area contributed by atoms with Crippen LogP contribution in [0.4, 0.5) is 4.39 Å². The molecule has 1 aliphatic heterocycles. The number of aliphatic hydroxyl groups is 1. The van der Waals surface area contributed by atoms with Crippen molar-refractivity contribution in [2.24, 2.45) is 11.3 Å². The first-order chi connectivity index (χ1) is 13.3. The van der Waals surface area contributed by atoms with Gasteiger partial charge in [0.15, 0.2) is 0 Å². The van der Waals surface area contributed by atoms with Gasteiger partial charge in [0.2, 0.25) is 5.91 Å². The van der Waals surface area contributed by atoms with Gasteiger partial charge in [-0.1, -0.05) is 11.6 Å². The van der Waals surface area contributed by atoms with E-state index in [2.05, 4.69) is 10.6 Å². The van der Waals surface area contributed by atoms with Gasteiger partial charge in [0, 0.05) is 30.7 Å². The molecular formula is C20H26ClFN2O4. The van der Waals surface area contributed by atoms with Crippen LogP contribution in [0.2, 0.25) is 5.02 Å². The predicted molar refractivity (Wildman–Crippen MR) is 102 cm³/mol. The third kappa shape index (κ3) is 3.73. The number of carbonyl (C=O) groups excluding carboxylic acids is 1. The van der Waals surface area contributed by atoms with Crippen LogP contribution >= 0.6 is 11.6 Å². The van der Waals surface area contributed by atoms with E-state index in [0.717, 1.165) is 32.3 Å². The quantitative estimate of drug-likeness (QED) is 0.570. The van der Waals surface area contributed by atoms with E-state index in [4.69, 9.17) is 21.1 Å². The Balaban J connectivity index is 1.18. The van der Waals surface area contributed by atoms with E-state index in [1.165, 1.54) is 12.1 Å². The Morgan fingerprint density at radius 1 is 1.46 bits per heavy atom. The summed E-state index contributed by atoms with van der Waals surface area (Å²) in [4.78, 5) is 12.5. The molecule has 8 heteroatoms. The number of rotatable bonds is 8. The van der Waals surface area contributed by atoms with Gasteiger partial charge in [-0.05, 0) is 44.7 Å². The van der Waals surface area contributed by atoms with Gasteiger partial charge in [-0.2, -0.15) is 0 Å². The highest BCUT2D eigenvalue weighted by molar-refractivity contribution is 6.30. The molecule has 2 bridgehead atoms. The molecule has 6 nitrogen and oxygen atoms in total. The molecule has 1 amide bonds. The van der Waals surface area contributed by atoms with Gasteiger partial charge < -0.3 is 19.9 Å². The highest BCUT2D eigenvalue weighted by atomic mass is 35.5. The molecule has 4 aliphatic rings. The number of halogens is 2. The minimum Gasteiger partial charge on any atom is -0.489 e. The van der Waals surface area contributed by atoms with Gasteiger partial charge in [0.05, 0.1) is 16.5 Å². The van der Waals surface area contributed by atoms with Crippen molar-refractivity contribution in [2.45, 2.75) is 50.5 Å². The Morgan fingerprint density at radius 3 is 2.86 bits per heavy atom. The number of aliphatic hydroxyl groups excluding tert-OH is 1. The molecule has 0 radical (unpaired) electrons. The number of ether oxygens (including phenoxy) is 2. The highest BCUT2D eigenvalue weighted by Crippen LogP contribution is 2.67. The van der Waals surface area contributed by atoms with Crippen LogP contribution < -0.4 is 15.4 Å². The number of carbonyl (C=O) groups is 1. The van der Waals surface area contributed by atoms with Crippen LogP contribution in [-0.2, 0) is 9.53 Å². The molecule has 3 saturated carbocycles. The Labute approximate surface area is 168 Å². The van der Waals surface area contributed by atoms with Crippen molar-refractivity contribution >= 4 is 17.5 Å². The fraction of sp³-hybridized carbons (Fsp3) is 0.650. The van der Waals surface area contributed by atoms with Gasteiger partial charge in [-0.25, -0.2) is 4.39 Å². The Morgan fingerprint density at radius 2 is 2.21 bits per heavy atom. The van der Waals surface area contributed by atoms with Gasteiger partial charge >= 0.3 is 0 Å². The largest absolute Gasteiger partial charge is 0.489 e. The first-order valence-corrected chi connectivity index (χ1v) is 10.1. The molecular weight excluding hydrogens is 387 g/mol. The second kappa shape index (κ2) is 7.44. The van der Waals surface area contributed by atoms with Gasteiger partial charge in [0.25, 0.3) is 0 Å². The van der Waals surface area contributed by atoms with Gasteiger partial charge in [-0.3, -0.25) is 10.1 Å². The lowest BCUT2D eigenvalue weighted by Gasteiger charge is -2.69. The summed E-state index contributed by atoms with van der Waals surface area (Å²) in [6.07, 6.45) is 2.45. The van der Waals surface area contributed by atoms with Crippen LogP contribution in [0.15, 0.2) is 18.2 Å². The van der Waals surface area contributed by atoms with Crippen molar-refractivity contribution in [3.8, 4) is 5.75 Å². The maximum absolute atomic E-state index is 13.4. The van der Waals surface area contributed by atoms with Gasteiger partial charge in [0.1, 0.15) is 24.4 Å². The molecule has 5 rings (SSSR count). The average Bonchev–Trinajstić information content (AvgIpc) is 3.00. The van der Waals surface area contributed by atoms with Crippen molar-refractivity contribution in [1.82, 2.24) is 10.6 Å². The summed E-state index contributed by atoms with van der Waals surface area (Å²) < 4.78 is 24.4. The van der Waals surface area contributed by atoms with E-state index >= 15 is 0 Å². The van der Waals surface area contributed by atoms with Crippen molar-refractivity contribution in [1.29, 1.82) is 0 Å². The summed E-state index contributed by atoms with van der Waals surface area (Å²) in [6, 6.07) is 4.15. The van der Waals surface area contributed by atoms with E-state index in [1.807, 2.05) is 6.92 Å². The van der Waals surface area contributed by atoms with Crippen LogP contribution in [0.25, 0.3) is 0 Å². The van der Waals surface area contributed by atoms with Gasteiger partial charge in [-0.15, -0.1) is 0 Å². The monoisotopic (exact) mass is 412 g/mol. The molecule has 3 atom stereocenters. The van der Waals surface area contributed by atoms with E-state index in [9.17, 15) is 14.3 Å². The molecule has 1 saturated heterocycles. The molecule has 28 heavy (non-hydrogen) atoms. The second-order valence-electron chi connectivity index (χ2n) is 8.47. The topological polar surface area (TPSA) is 79.8 Å². The zero-order valence-electron chi connectivity index (χ0n) is 15.8. The lowest BCUT2D eigenvalue weighted by molar-refractivity contribution is -0.190. The molecule has 3 N–H and O–H groups in total. The van der Waals surface area contributed by atoms with Crippen LogP contribution in [0, 0.1) is 17.2 Å². The molecule has 0 spiro atoms. The number of hydrogen-bond donors (Lipinski definition) is 3. The molecule has 1 aromatic carbocycles. The molecule has 4 fully saturated rings. The minimum atomic E-state index is -0.892. The minimum absolute atomic E-state index is 0.0123. The standard InChI is InChI=1S/C20H26ClFN2O4/c1-12-13(4-5-27-12)7-23-18(26)19-9-20(10-19,11-19)24-17(25)8-28-14-2-3-15(21)16(22)6-14/h2-3,6,12-13,17,24-25H,4-5,7-11H2,1H3,(H,23,26). The normalized spacial score (nSPS) is 34.3. The Kier molecular flexibility index (Phi) is 5.29. The summed E-state index contributed by atoms with van der Waals surface area (Å²) in [6.45, 7) is 3.46. The molecule has 0 aromatic heterocycles. The number of amides is 1. The zero-order chi connectivity index (χ0) is 19.9. The number of nitrogens with one attached hydrogen (secondary N) is 2. The van der Waals surface area contributed by atoms with Crippen molar-refractivity contribution in [2.75, 3.05) is 19.8 Å². The fourth-order valence-corrected chi connectivity index (χ4v) is 4.89. The Bertz CT molecular complexity index is 742. The lowest BCUT2D eigenvalue weighted by Crippen LogP contribution is -2.79. The van der Waals surface area contributed by atoms with Crippen LogP contribution in [0.5, 0.6) is 5.75 Å². The Hall–Kier alpha value is -1.41. The molecule has 3 unspecified atom stereocenters. The number of hydrogen-bond acceptors (Lipinski definition) is 5. The van der Waals surface area contributed by atoms with Crippen LogP contribution in [-0.4, -0.2) is 48.6 Å². The van der Waals surface area contributed by atoms with E-state index in [0.29, 0.717) is 18.2 Å². The third-order valence-corrected chi connectivity index (χ3v) is 6.65. The van der Waals surface area contributed by atoms with Crippen molar-refractivity contribution < 1.29 is 23.8 Å². The van der Waals surface area contributed by atoms with E-state index < -0.39 is 12.0 Å². The number of benzene rings is 1. The first kappa shape index (κ1) is 19.9. The molecule has 1 heterocycles. The summed E-state index contributed by atoms with van der Waals surface area (Å²) in [5.41, 5.74) is -0.495. The smallest absolute Gasteiger partial charge is 0.226 e. The SMILES string of the molecule is CC1OCCC1CNC(=O)C12CC(NC(O)COc3ccc(Cl)c(F)c3)(C1)C2. The predicted octanol–water partition coefficient (Wildman–Crippen LogP) is 2.23. The zero-order valence-corrected chi connectivity index (χ0v) is 16.6.